The number of aromatic nitrogens is 2. The summed E-state index contributed by atoms with van der Waals surface area (Å²) in [5.74, 6) is 0.102. The zero-order chi connectivity index (χ0) is 21.5. The molecule has 0 fully saturated rings. The van der Waals surface area contributed by atoms with E-state index >= 15 is 0 Å². The van der Waals surface area contributed by atoms with Gasteiger partial charge in [-0.2, -0.15) is 0 Å². The highest BCUT2D eigenvalue weighted by molar-refractivity contribution is 7.99. The van der Waals surface area contributed by atoms with Crippen LogP contribution in [0.25, 0.3) is 0 Å². The van der Waals surface area contributed by atoms with E-state index in [9.17, 15) is 0 Å². The van der Waals surface area contributed by atoms with Crippen LogP contribution >= 0.6 is 11.9 Å². The van der Waals surface area contributed by atoms with E-state index in [-0.39, 0.29) is 5.96 Å². The molecule has 31 heavy (non-hydrogen) atoms. The molecule has 0 radical (unpaired) electrons. The van der Waals surface area contributed by atoms with Crippen LogP contribution in [-0.4, -0.2) is 21.5 Å². The molecule has 0 amide bonds. The van der Waals surface area contributed by atoms with Crippen molar-refractivity contribution in [3.05, 3.63) is 126 Å². The van der Waals surface area contributed by atoms with Crippen LogP contribution in [0.4, 0.5) is 0 Å². The number of hydrogen-bond acceptors (Lipinski definition) is 3. The summed E-state index contributed by atoms with van der Waals surface area (Å²) < 4.78 is 1.64. The van der Waals surface area contributed by atoms with Gasteiger partial charge in [-0.05, 0) is 28.6 Å². The van der Waals surface area contributed by atoms with Crippen LogP contribution in [-0.2, 0) is 11.2 Å². The number of benzene rings is 3. The van der Waals surface area contributed by atoms with E-state index in [1.165, 1.54) is 16.7 Å². The van der Waals surface area contributed by atoms with Crippen LogP contribution in [0.1, 0.15) is 22.4 Å². The molecule has 0 unspecified atom stereocenters. The summed E-state index contributed by atoms with van der Waals surface area (Å²) >= 11 is 1.73. The number of rotatable bonds is 8. The highest BCUT2D eigenvalue weighted by Crippen LogP contribution is 2.48. The van der Waals surface area contributed by atoms with Gasteiger partial charge < -0.3 is 11.5 Å². The van der Waals surface area contributed by atoms with E-state index < -0.39 is 4.75 Å². The summed E-state index contributed by atoms with van der Waals surface area (Å²) in [6.07, 6.45) is 4.59. The third-order valence-electron chi connectivity index (χ3n) is 5.06. The number of imidazole rings is 1. The third-order valence-corrected chi connectivity index (χ3v) is 6.45. The van der Waals surface area contributed by atoms with Crippen LogP contribution in [0.15, 0.2) is 109 Å². The first-order valence-electron chi connectivity index (χ1n) is 10.1. The normalized spacial score (nSPS) is 11.2. The molecule has 4 N–H and O–H groups in total. The van der Waals surface area contributed by atoms with Gasteiger partial charge in [0, 0.05) is 19.2 Å². The minimum Gasteiger partial charge on any atom is -0.370 e. The first kappa shape index (κ1) is 20.8. The van der Waals surface area contributed by atoms with Gasteiger partial charge in [0.25, 0.3) is 0 Å². The van der Waals surface area contributed by atoms with Gasteiger partial charge in [0.2, 0.25) is 0 Å². The van der Waals surface area contributed by atoms with E-state index in [1.54, 1.807) is 11.9 Å². The maximum atomic E-state index is 5.44. The average Bonchev–Trinajstić information content (AvgIpc) is 3.26. The monoisotopic (exact) mass is 427 g/mol. The second-order valence-corrected chi connectivity index (χ2v) is 8.37. The van der Waals surface area contributed by atoms with E-state index in [0.717, 1.165) is 5.69 Å². The SMILES string of the molecule is NC(N)=NCCc1cn(SC(c2ccccc2)(c2ccccc2)c2ccccc2)cn1. The standard InChI is InChI=1S/C25H25N5S/c26-24(27)28-17-16-23-18-30(19-29-23)31-25(20-10-4-1-5-11-20,21-12-6-2-7-13-21)22-14-8-3-9-15-22/h1-15,18-19H,16-17H2,(H4,26,27,28). The molecule has 4 rings (SSSR count). The Hall–Kier alpha value is -3.51. The van der Waals surface area contributed by atoms with Gasteiger partial charge in [0.05, 0.1) is 5.69 Å². The summed E-state index contributed by atoms with van der Waals surface area (Å²) in [7, 11) is 0. The minimum absolute atomic E-state index is 0.102. The average molecular weight is 428 g/mol. The fourth-order valence-corrected chi connectivity index (χ4v) is 4.97. The quantitative estimate of drug-likeness (QED) is 0.251. The van der Waals surface area contributed by atoms with Crippen molar-refractivity contribution in [1.29, 1.82) is 0 Å². The number of guanidine groups is 1. The molecular formula is C25H25N5S. The maximum Gasteiger partial charge on any atom is 0.185 e. The van der Waals surface area contributed by atoms with Gasteiger partial charge in [-0.15, -0.1) is 0 Å². The molecule has 0 saturated heterocycles. The first-order chi connectivity index (χ1) is 15.2. The maximum absolute atomic E-state index is 5.44. The molecule has 0 spiro atoms. The van der Waals surface area contributed by atoms with Gasteiger partial charge in [0.1, 0.15) is 11.1 Å². The fraction of sp³-hybridized carbons (Fsp3) is 0.120. The molecular weight excluding hydrogens is 402 g/mol. The van der Waals surface area contributed by atoms with Crippen molar-refractivity contribution in [2.45, 2.75) is 11.2 Å². The summed E-state index contributed by atoms with van der Waals surface area (Å²) in [4.78, 5) is 8.63. The molecule has 0 bridgehead atoms. The number of nitrogens with zero attached hydrogens (tertiary/aromatic N) is 3. The number of nitrogens with two attached hydrogens (primary N) is 2. The summed E-state index contributed by atoms with van der Waals surface area (Å²) in [6.45, 7) is 0.519. The van der Waals surface area contributed by atoms with Gasteiger partial charge in [0.15, 0.2) is 5.96 Å². The second kappa shape index (κ2) is 9.53. The lowest BCUT2D eigenvalue weighted by molar-refractivity contribution is 0.885. The van der Waals surface area contributed by atoms with Crippen molar-refractivity contribution in [3.63, 3.8) is 0 Å². The van der Waals surface area contributed by atoms with Crippen LogP contribution in [0.3, 0.4) is 0 Å². The zero-order valence-electron chi connectivity index (χ0n) is 17.1. The lowest BCUT2D eigenvalue weighted by Crippen LogP contribution is -2.26. The highest BCUT2D eigenvalue weighted by atomic mass is 32.2. The Morgan fingerprint density at radius 2 is 1.29 bits per heavy atom. The molecule has 0 aliphatic heterocycles. The van der Waals surface area contributed by atoms with Crippen LogP contribution in [0.2, 0.25) is 0 Å². The lowest BCUT2D eigenvalue weighted by Gasteiger charge is -2.35. The third kappa shape index (κ3) is 4.64. The molecule has 156 valence electrons. The van der Waals surface area contributed by atoms with Crippen molar-refractivity contribution < 1.29 is 0 Å². The minimum atomic E-state index is -0.443. The smallest absolute Gasteiger partial charge is 0.185 e. The lowest BCUT2D eigenvalue weighted by atomic mass is 9.84. The predicted octanol–water partition coefficient (Wildman–Crippen LogP) is 4.19. The first-order valence-corrected chi connectivity index (χ1v) is 10.9. The van der Waals surface area contributed by atoms with Gasteiger partial charge in [-0.3, -0.25) is 8.96 Å². The van der Waals surface area contributed by atoms with Gasteiger partial charge >= 0.3 is 0 Å². The van der Waals surface area contributed by atoms with Crippen molar-refractivity contribution in [1.82, 2.24) is 8.96 Å². The van der Waals surface area contributed by atoms with Crippen molar-refractivity contribution in [2.75, 3.05) is 6.54 Å². The van der Waals surface area contributed by atoms with E-state index in [4.69, 9.17) is 11.5 Å². The molecule has 0 atom stereocenters. The zero-order valence-corrected chi connectivity index (χ0v) is 18.0. The van der Waals surface area contributed by atoms with Crippen molar-refractivity contribution >= 4 is 17.9 Å². The van der Waals surface area contributed by atoms with Gasteiger partial charge in [-0.1, -0.05) is 91.0 Å². The molecule has 1 heterocycles. The summed E-state index contributed by atoms with van der Waals surface area (Å²) in [5.41, 5.74) is 15.4. The van der Waals surface area contributed by atoms with Gasteiger partial charge in [-0.25, -0.2) is 4.98 Å². The second-order valence-electron chi connectivity index (χ2n) is 7.15. The largest absolute Gasteiger partial charge is 0.370 e. The predicted molar refractivity (Wildman–Crippen MR) is 129 cm³/mol. The Bertz CT molecular complexity index is 1020. The molecule has 3 aromatic carbocycles. The van der Waals surface area contributed by atoms with Crippen molar-refractivity contribution in [3.8, 4) is 0 Å². The molecule has 4 aromatic rings. The molecule has 5 nitrogen and oxygen atoms in total. The van der Waals surface area contributed by atoms with Crippen LogP contribution in [0, 0.1) is 0 Å². The molecule has 0 saturated carbocycles. The Morgan fingerprint density at radius 1 is 0.806 bits per heavy atom. The fourth-order valence-electron chi connectivity index (χ4n) is 3.66. The molecule has 1 aromatic heterocycles. The Morgan fingerprint density at radius 3 is 1.74 bits per heavy atom. The number of aliphatic imine (C=N–C) groups is 1. The molecule has 6 heteroatoms. The highest BCUT2D eigenvalue weighted by Gasteiger charge is 2.38. The van der Waals surface area contributed by atoms with Crippen molar-refractivity contribution in [2.24, 2.45) is 16.5 Å². The molecule has 0 aliphatic rings. The van der Waals surface area contributed by atoms with Crippen LogP contribution in [0.5, 0.6) is 0 Å². The Kier molecular flexibility index (Phi) is 6.38. The topological polar surface area (TPSA) is 82.2 Å². The summed E-state index contributed by atoms with van der Waals surface area (Å²) in [5, 5.41) is 0. The Balaban J connectivity index is 1.80. The molecule has 0 aliphatic carbocycles. The van der Waals surface area contributed by atoms with Crippen LogP contribution < -0.4 is 11.5 Å². The Labute approximate surface area is 187 Å². The van der Waals surface area contributed by atoms with E-state index in [1.807, 2.05) is 24.5 Å². The summed E-state index contributed by atoms with van der Waals surface area (Å²) in [6, 6.07) is 31.8. The number of hydrogen-bond donors (Lipinski definition) is 2. The van der Waals surface area contributed by atoms with E-state index in [2.05, 4.69) is 92.9 Å². The van der Waals surface area contributed by atoms with E-state index in [0.29, 0.717) is 13.0 Å².